The van der Waals surface area contributed by atoms with Crippen molar-refractivity contribution < 1.29 is 19.1 Å². The van der Waals surface area contributed by atoms with Crippen molar-refractivity contribution in [3.63, 3.8) is 0 Å². The van der Waals surface area contributed by atoms with E-state index in [2.05, 4.69) is 0 Å². The van der Waals surface area contributed by atoms with E-state index in [0.717, 1.165) is 0 Å². The van der Waals surface area contributed by atoms with Gasteiger partial charge in [0.25, 0.3) is 5.91 Å². The third-order valence-electron chi connectivity index (χ3n) is 3.14. The van der Waals surface area contributed by atoms with Crippen molar-refractivity contribution in [2.45, 2.75) is 13.0 Å². The highest BCUT2D eigenvalue weighted by Gasteiger charge is 2.20. The number of para-hydroxylation sites is 1. The lowest BCUT2D eigenvalue weighted by molar-refractivity contribution is -0.137. The number of carbonyl (C=O) groups excluding carboxylic acids is 2. The van der Waals surface area contributed by atoms with Gasteiger partial charge >= 0.3 is 5.97 Å². The zero-order valence-corrected chi connectivity index (χ0v) is 13.4. The summed E-state index contributed by atoms with van der Waals surface area (Å²) in [4.78, 5) is 25.1. The van der Waals surface area contributed by atoms with Crippen LogP contribution in [0.3, 0.4) is 0 Å². The second-order valence-corrected chi connectivity index (χ2v) is 5.22. The van der Waals surface area contributed by atoms with Gasteiger partial charge in [-0.25, -0.2) is 4.79 Å². The highest BCUT2D eigenvalue weighted by atomic mass is 16.5. The van der Waals surface area contributed by atoms with Crippen LogP contribution in [0.2, 0.25) is 0 Å². The standard InChI is InChI=1S/C18H19NO4/c1-13(17(20)19(2)3)22-18(21)14-9-11-16(12-10-14)23-15-7-5-4-6-8-15/h4-13H,1-3H3/t13-/m1/s1. The SMILES string of the molecule is C[C@@H](OC(=O)c1ccc(Oc2ccccc2)cc1)C(=O)N(C)C. The molecule has 0 heterocycles. The Labute approximate surface area is 135 Å². The van der Waals surface area contributed by atoms with Gasteiger partial charge in [0, 0.05) is 14.1 Å². The Bertz CT molecular complexity index is 665. The molecule has 120 valence electrons. The number of amides is 1. The third-order valence-corrected chi connectivity index (χ3v) is 3.14. The second kappa shape index (κ2) is 7.45. The minimum Gasteiger partial charge on any atom is -0.457 e. The molecule has 0 saturated carbocycles. The van der Waals surface area contributed by atoms with Crippen LogP contribution in [0, 0.1) is 0 Å². The lowest BCUT2D eigenvalue weighted by Gasteiger charge is -2.17. The summed E-state index contributed by atoms with van der Waals surface area (Å²) in [7, 11) is 3.23. The molecule has 0 radical (unpaired) electrons. The number of hydrogen-bond donors (Lipinski definition) is 0. The Hall–Kier alpha value is -2.82. The second-order valence-electron chi connectivity index (χ2n) is 5.22. The molecule has 2 rings (SSSR count). The molecule has 0 aliphatic heterocycles. The van der Waals surface area contributed by atoms with Gasteiger partial charge in [-0.1, -0.05) is 18.2 Å². The molecule has 2 aromatic rings. The molecule has 1 amide bonds. The maximum Gasteiger partial charge on any atom is 0.338 e. The first-order chi connectivity index (χ1) is 11.0. The maximum atomic E-state index is 12.0. The fraction of sp³-hybridized carbons (Fsp3) is 0.222. The molecule has 0 aliphatic rings. The van der Waals surface area contributed by atoms with E-state index in [1.165, 1.54) is 4.90 Å². The van der Waals surface area contributed by atoms with Crippen molar-refractivity contribution in [2.75, 3.05) is 14.1 Å². The van der Waals surface area contributed by atoms with Gasteiger partial charge in [0.05, 0.1) is 5.56 Å². The summed E-state index contributed by atoms with van der Waals surface area (Å²) in [6.07, 6.45) is -0.822. The molecule has 0 unspecified atom stereocenters. The van der Waals surface area contributed by atoms with Crippen molar-refractivity contribution in [3.8, 4) is 11.5 Å². The van der Waals surface area contributed by atoms with Crippen LogP contribution in [0.4, 0.5) is 0 Å². The smallest absolute Gasteiger partial charge is 0.338 e. The number of esters is 1. The first kappa shape index (κ1) is 16.5. The van der Waals surface area contributed by atoms with Gasteiger partial charge in [-0.05, 0) is 43.3 Å². The minimum absolute atomic E-state index is 0.262. The highest BCUT2D eigenvalue weighted by molar-refractivity contribution is 5.92. The van der Waals surface area contributed by atoms with Gasteiger partial charge in [0.15, 0.2) is 6.10 Å². The van der Waals surface area contributed by atoms with Gasteiger partial charge in [0.1, 0.15) is 11.5 Å². The summed E-state index contributed by atoms with van der Waals surface area (Å²) in [5.74, 6) is 0.527. The summed E-state index contributed by atoms with van der Waals surface area (Å²) >= 11 is 0. The summed E-state index contributed by atoms with van der Waals surface area (Å²) in [6.45, 7) is 1.55. The number of benzene rings is 2. The molecule has 0 aliphatic carbocycles. The average molecular weight is 313 g/mol. The first-order valence-electron chi connectivity index (χ1n) is 7.22. The molecule has 5 nitrogen and oxygen atoms in total. The number of hydrogen-bond acceptors (Lipinski definition) is 4. The summed E-state index contributed by atoms with van der Waals surface area (Å²) in [6, 6.07) is 15.9. The molecule has 0 fully saturated rings. The summed E-state index contributed by atoms with van der Waals surface area (Å²) < 4.78 is 10.8. The molecule has 5 heteroatoms. The fourth-order valence-corrected chi connectivity index (χ4v) is 1.93. The third kappa shape index (κ3) is 4.57. The molecule has 0 aromatic heterocycles. The van der Waals surface area contributed by atoms with Crippen LogP contribution in [0.15, 0.2) is 54.6 Å². The van der Waals surface area contributed by atoms with Crippen LogP contribution in [0.5, 0.6) is 11.5 Å². The lowest BCUT2D eigenvalue weighted by Crippen LogP contribution is -2.34. The highest BCUT2D eigenvalue weighted by Crippen LogP contribution is 2.21. The van der Waals surface area contributed by atoms with Crippen molar-refractivity contribution in [1.29, 1.82) is 0 Å². The van der Waals surface area contributed by atoms with Crippen molar-refractivity contribution in [3.05, 3.63) is 60.2 Å². The van der Waals surface area contributed by atoms with E-state index < -0.39 is 12.1 Å². The summed E-state index contributed by atoms with van der Waals surface area (Å²) in [5, 5.41) is 0. The van der Waals surface area contributed by atoms with E-state index in [1.807, 2.05) is 30.3 Å². The number of nitrogens with zero attached hydrogens (tertiary/aromatic N) is 1. The molecular weight excluding hydrogens is 294 g/mol. The molecule has 2 aromatic carbocycles. The average Bonchev–Trinajstić information content (AvgIpc) is 2.55. The Kier molecular flexibility index (Phi) is 5.36. The molecular formula is C18H19NO4. The van der Waals surface area contributed by atoms with Crippen LogP contribution in [0.1, 0.15) is 17.3 Å². The zero-order chi connectivity index (χ0) is 16.8. The summed E-state index contributed by atoms with van der Waals surface area (Å²) in [5.41, 5.74) is 0.365. The van der Waals surface area contributed by atoms with Crippen LogP contribution in [0.25, 0.3) is 0 Å². The van der Waals surface area contributed by atoms with E-state index in [0.29, 0.717) is 17.1 Å². The molecule has 0 saturated heterocycles. The number of carbonyl (C=O) groups is 2. The van der Waals surface area contributed by atoms with E-state index in [-0.39, 0.29) is 5.91 Å². The molecule has 23 heavy (non-hydrogen) atoms. The van der Waals surface area contributed by atoms with E-state index >= 15 is 0 Å². The number of ether oxygens (including phenoxy) is 2. The first-order valence-corrected chi connectivity index (χ1v) is 7.22. The lowest BCUT2D eigenvalue weighted by atomic mass is 10.2. The van der Waals surface area contributed by atoms with Crippen LogP contribution < -0.4 is 4.74 Å². The molecule has 0 N–H and O–H groups in total. The van der Waals surface area contributed by atoms with Crippen molar-refractivity contribution >= 4 is 11.9 Å². The van der Waals surface area contributed by atoms with Gasteiger partial charge in [-0.15, -0.1) is 0 Å². The van der Waals surface area contributed by atoms with Crippen LogP contribution >= 0.6 is 0 Å². The van der Waals surface area contributed by atoms with Gasteiger partial charge in [0.2, 0.25) is 0 Å². The predicted octanol–water partition coefficient (Wildman–Crippen LogP) is 3.11. The van der Waals surface area contributed by atoms with Crippen molar-refractivity contribution in [1.82, 2.24) is 4.90 Å². The number of likely N-dealkylation sites (N-methyl/N-ethyl adjacent to an activating group) is 1. The molecule has 0 spiro atoms. The van der Waals surface area contributed by atoms with Gasteiger partial charge < -0.3 is 14.4 Å². The predicted molar refractivity (Wildman–Crippen MR) is 86.5 cm³/mol. The Balaban J connectivity index is 1.99. The largest absolute Gasteiger partial charge is 0.457 e. The minimum atomic E-state index is -0.822. The maximum absolute atomic E-state index is 12.0. The monoisotopic (exact) mass is 313 g/mol. The van der Waals surface area contributed by atoms with E-state index in [1.54, 1.807) is 45.3 Å². The van der Waals surface area contributed by atoms with Crippen molar-refractivity contribution in [2.24, 2.45) is 0 Å². The van der Waals surface area contributed by atoms with Gasteiger partial charge in [-0.3, -0.25) is 4.79 Å². The molecule has 0 bridgehead atoms. The Morgan fingerprint density at radius 3 is 2.04 bits per heavy atom. The zero-order valence-electron chi connectivity index (χ0n) is 13.4. The topological polar surface area (TPSA) is 55.8 Å². The van der Waals surface area contributed by atoms with Crippen LogP contribution in [-0.4, -0.2) is 37.0 Å². The Morgan fingerprint density at radius 1 is 0.913 bits per heavy atom. The van der Waals surface area contributed by atoms with Gasteiger partial charge in [-0.2, -0.15) is 0 Å². The normalized spacial score (nSPS) is 11.4. The molecule has 1 atom stereocenters. The Morgan fingerprint density at radius 2 is 1.48 bits per heavy atom. The van der Waals surface area contributed by atoms with E-state index in [4.69, 9.17) is 9.47 Å². The van der Waals surface area contributed by atoms with Crippen LogP contribution in [-0.2, 0) is 9.53 Å². The quantitative estimate of drug-likeness (QED) is 0.796. The van der Waals surface area contributed by atoms with E-state index in [9.17, 15) is 9.59 Å². The fourth-order valence-electron chi connectivity index (χ4n) is 1.93. The number of rotatable bonds is 5.